The van der Waals surface area contributed by atoms with Gasteiger partial charge in [-0.2, -0.15) is 0 Å². The number of benzene rings is 2. The Bertz CT molecular complexity index is 477. The Morgan fingerprint density at radius 2 is 1.93 bits per heavy atom. The summed E-state index contributed by atoms with van der Waals surface area (Å²) in [4.78, 5) is 0. The van der Waals surface area contributed by atoms with Gasteiger partial charge in [-0.05, 0) is 42.1 Å². The predicted molar refractivity (Wildman–Crippen MR) is 59.9 cm³/mol. The van der Waals surface area contributed by atoms with Crippen LogP contribution < -0.4 is 5.32 Å². The van der Waals surface area contributed by atoms with Gasteiger partial charge in [0, 0.05) is 18.1 Å². The Morgan fingerprint density at radius 1 is 1.14 bits per heavy atom. The number of nitrogens with one attached hydrogen (secondary N) is 1. The van der Waals surface area contributed by atoms with E-state index in [0.717, 1.165) is 22.0 Å². The van der Waals surface area contributed by atoms with Crippen molar-refractivity contribution in [1.29, 1.82) is 0 Å². The van der Waals surface area contributed by atoms with Gasteiger partial charge in [0.05, 0.1) is 0 Å². The number of rotatable bonds is 1. The van der Waals surface area contributed by atoms with Crippen LogP contribution in [0.4, 0.5) is 5.69 Å². The van der Waals surface area contributed by atoms with Crippen molar-refractivity contribution in [3.8, 4) is 5.75 Å². The molecule has 0 radical (unpaired) electrons. The molecule has 0 saturated carbocycles. The summed E-state index contributed by atoms with van der Waals surface area (Å²) < 4.78 is 0. The number of hydrogen-bond acceptors (Lipinski definition) is 2. The van der Waals surface area contributed by atoms with Crippen molar-refractivity contribution in [3.63, 3.8) is 0 Å². The van der Waals surface area contributed by atoms with E-state index in [0.29, 0.717) is 5.75 Å². The monoisotopic (exact) mass is 187 g/mol. The zero-order chi connectivity index (χ0) is 10.1. The lowest BCUT2D eigenvalue weighted by Crippen LogP contribution is -1.87. The lowest BCUT2D eigenvalue weighted by atomic mass is 10.1. The summed E-state index contributed by atoms with van der Waals surface area (Å²) in [6.45, 7) is 1.98. The molecule has 0 fully saturated rings. The van der Waals surface area contributed by atoms with Gasteiger partial charge in [-0.1, -0.05) is 6.07 Å². The van der Waals surface area contributed by atoms with E-state index in [2.05, 4.69) is 11.4 Å². The second kappa shape index (κ2) is 3.22. The standard InChI is InChI=1S/C12H13NO/c1-8-5-9-7-10(13-2)3-4-11(9)12(14)6-8/h3-7,13-14H,1-2H3. The van der Waals surface area contributed by atoms with Gasteiger partial charge < -0.3 is 10.4 Å². The third kappa shape index (κ3) is 1.39. The van der Waals surface area contributed by atoms with Crippen LogP contribution in [0.1, 0.15) is 5.56 Å². The number of aromatic hydroxyl groups is 1. The summed E-state index contributed by atoms with van der Waals surface area (Å²) in [5.74, 6) is 0.350. The fraction of sp³-hybridized carbons (Fsp3) is 0.167. The highest BCUT2D eigenvalue weighted by molar-refractivity contribution is 5.91. The first-order valence-electron chi connectivity index (χ1n) is 4.62. The molecular formula is C12H13NO. The molecule has 2 N–H and O–H groups in total. The van der Waals surface area contributed by atoms with Gasteiger partial charge in [0.25, 0.3) is 0 Å². The molecule has 0 aliphatic carbocycles. The van der Waals surface area contributed by atoms with E-state index in [1.165, 1.54) is 0 Å². The number of fused-ring (bicyclic) bond motifs is 1. The van der Waals surface area contributed by atoms with Crippen LogP contribution in [0.5, 0.6) is 5.75 Å². The number of phenolic OH excluding ortho intramolecular Hbond substituents is 1. The maximum Gasteiger partial charge on any atom is 0.123 e. The van der Waals surface area contributed by atoms with Crippen LogP contribution in [0.2, 0.25) is 0 Å². The summed E-state index contributed by atoms with van der Waals surface area (Å²) in [5.41, 5.74) is 2.13. The van der Waals surface area contributed by atoms with E-state index in [-0.39, 0.29) is 0 Å². The van der Waals surface area contributed by atoms with Crippen LogP contribution in [0.3, 0.4) is 0 Å². The Hall–Kier alpha value is -1.70. The smallest absolute Gasteiger partial charge is 0.123 e. The number of anilines is 1. The first kappa shape index (κ1) is 8.88. The third-order valence-electron chi connectivity index (χ3n) is 2.36. The average Bonchev–Trinajstić information content (AvgIpc) is 2.16. The fourth-order valence-corrected chi connectivity index (χ4v) is 1.65. The molecule has 0 atom stereocenters. The quantitative estimate of drug-likeness (QED) is 0.719. The SMILES string of the molecule is CNc1ccc2c(O)cc(C)cc2c1. The summed E-state index contributed by atoms with van der Waals surface area (Å²) in [6, 6.07) is 9.76. The average molecular weight is 187 g/mol. The van der Waals surface area contributed by atoms with Crippen molar-refractivity contribution < 1.29 is 5.11 Å². The molecule has 0 bridgehead atoms. The normalized spacial score (nSPS) is 10.4. The molecule has 0 unspecified atom stereocenters. The largest absolute Gasteiger partial charge is 0.507 e. The zero-order valence-corrected chi connectivity index (χ0v) is 8.33. The van der Waals surface area contributed by atoms with Crippen LogP contribution in [-0.2, 0) is 0 Å². The van der Waals surface area contributed by atoms with Crippen molar-refractivity contribution in [3.05, 3.63) is 35.9 Å². The van der Waals surface area contributed by atoms with E-state index in [1.807, 2.05) is 32.2 Å². The Morgan fingerprint density at radius 3 is 2.64 bits per heavy atom. The molecule has 2 rings (SSSR count). The highest BCUT2D eigenvalue weighted by atomic mass is 16.3. The number of aryl methyl sites for hydroxylation is 1. The molecular weight excluding hydrogens is 174 g/mol. The van der Waals surface area contributed by atoms with Crippen molar-refractivity contribution in [2.24, 2.45) is 0 Å². The van der Waals surface area contributed by atoms with Crippen molar-refractivity contribution in [1.82, 2.24) is 0 Å². The molecule has 2 heteroatoms. The minimum absolute atomic E-state index is 0.350. The second-order valence-corrected chi connectivity index (χ2v) is 3.47. The molecule has 0 aliphatic heterocycles. The van der Waals surface area contributed by atoms with Crippen LogP contribution >= 0.6 is 0 Å². The first-order valence-corrected chi connectivity index (χ1v) is 4.62. The van der Waals surface area contributed by atoms with E-state index in [4.69, 9.17) is 0 Å². The van der Waals surface area contributed by atoms with Crippen molar-refractivity contribution in [2.45, 2.75) is 6.92 Å². The maximum atomic E-state index is 9.70. The van der Waals surface area contributed by atoms with E-state index >= 15 is 0 Å². The molecule has 72 valence electrons. The van der Waals surface area contributed by atoms with Gasteiger partial charge in [0.1, 0.15) is 5.75 Å². The summed E-state index contributed by atoms with van der Waals surface area (Å²) in [7, 11) is 1.89. The molecule has 2 nitrogen and oxygen atoms in total. The lowest BCUT2D eigenvalue weighted by molar-refractivity contribution is 0.481. The molecule has 2 aromatic carbocycles. The Balaban J connectivity index is 2.75. The third-order valence-corrected chi connectivity index (χ3v) is 2.36. The van der Waals surface area contributed by atoms with Crippen molar-refractivity contribution in [2.75, 3.05) is 12.4 Å². The summed E-state index contributed by atoms with van der Waals surface area (Å²) >= 11 is 0. The fourth-order valence-electron chi connectivity index (χ4n) is 1.65. The van der Waals surface area contributed by atoms with Gasteiger partial charge in [0.15, 0.2) is 0 Å². The van der Waals surface area contributed by atoms with Gasteiger partial charge in [-0.25, -0.2) is 0 Å². The minimum Gasteiger partial charge on any atom is -0.507 e. The van der Waals surface area contributed by atoms with Gasteiger partial charge in [-0.3, -0.25) is 0 Å². The first-order chi connectivity index (χ1) is 6.70. The van der Waals surface area contributed by atoms with Crippen LogP contribution in [0.15, 0.2) is 30.3 Å². The molecule has 2 aromatic rings. The van der Waals surface area contributed by atoms with E-state index in [1.54, 1.807) is 6.07 Å². The predicted octanol–water partition coefficient (Wildman–Crippen LogP) is 2.90. The van der Waals surface area contributed by atoms with Gasteiger partial charge >= 0.3 is 0 Å². The maximum absolute atomic E-state index is 9.70. The summed E-state index contributed by atoms with van der Waals surface area (Å²) in [5, 5.41) is 14.7. The Kier molecular flexibility index (Phi) is 2.04. The molecule has 0 aliphatic rings. The molecule has 0 heterocycles. The van der Waals surface area contributed by atoms with Gasteiger partial charge in [0.2, 0.25) is 0 Å². The van der Waals surface area contributed by atoms with Crippen molar-refractivity contribution >= 4 is 16.5 Å². The van der Waals surface area contributed by atoms with E-state index < -0.39 is 0 Å². The molecule has 0 saturated heterocycles. The topological polar surface area (TPSA) is 32.3 Å². The van der Waals surface area contributed by atoms with E-state index in [9.17, 15) is 5.11 Å². The Labute approximate surface area is 83.2 Å². The lowest BCUT2D eigenvalue weighted by Gasteiger charge is -2.05. The zero-order valence-electron chi connectivity index (χ0n) is 8.33. The summed E-state index contributed by atoms with van der Waals surface area (Å²) in [6.07, 6.45) is 0. The molecule has 14 heavy (non-hydrogen) atoms. The molecule has 0 spiro atoms. The van der Waals surface area contributed by atoms with Crippen LogP contribution in [0, 0.1) is 6.92 Å². The van der Waals surface area contributed by atoms with Gasteiger partial charge in [-0.15, -0.1) is 0 Å². The van der Waals surface area contributed by atoms with Crippen LogP contribution in [0.25, 0.3) is 10.8 Å². The number of phenols is 1. The number of hydrogen-bond donors (Lipinski definition) is 2. The minimum atomic E-state index is 0.350. The van der Waals surface area contributed by atoms with Crippen LogP contribution in [-0.4, -0.2) is 12.2 Å². The highest BCUT2D eigenvalue weighted by Gasteiger charge is 2.01. The molecule has 0 amide bonds. The second-order valence-electron chi connectivity index (χ2n) is 3.47. The molecule has 0 aromatic heterocycles. The highest BCUT2D eigenvalue weighted by Crippen LogP contribution is 2.28.